The van der Waals surface area contributed by atoms with Crippen molar-refractivity contribution in [3.8, 4) is 5.75 Å². The largest absolute Gasteiger partial charge is 0.506 e. The van der Waals surface area contributed by atoms with Gasteiger partial charge in [-0.2, -0.15) is 0 Å². The van der Waals surface area contributed by atoms with Crippen LogP contribution in [0.4, 0.5) is 5.69 Å². The Bertz CT molecular complexity index is 767. The molecule has 2 rings (SSSR count). The first kappa shape index (κ1) is 19.9. The van der Waals surface area contributed by atoms with Crippen LogP contribution in [0.2, 0.25) is 10.0 Å². The maximum absolute atomic E-state index is 11.5. The van der Waals surface area contributed by atoms with Gasteiger partial charge in [0.25, 0.3) is 0 Å². The molecule has 0 aromatic heterocycles. The average Bonchev–Trinajstić information content (AvgIpc) is 2.49. The van der Waals surface area contributed by atoms with Crippen LogP contribution in [-0.4, -0.2) is 22.0 Å². The summed E-state index contributed by atoms with van der Waals surface area (Å²) >= 11 is 11.7. The van der Waals surface area contributed by atoms with Crippen molar-refractivity contribution in [2.45, 2.75) is 6.04 Å². The van der Waals surface area contributed by atoms with Gasteiger partial charge in [-0.1, -0.05) is 23.2 Å². The zero-order valence-electron chi connectivity index (χ0n) is 12.1. The van der Waals surface area contributed by atoms with E-state index < -0.39 is 12.0 Å². The Kier molecular flexibility index (Phi) is 6.71. The van der Waals surface area contributed by atoms with Crippen LogP contribution in [0.25, 0.3) is 0 Å². The van der Waals surface area contributed by atoms with Gasteiger partial charge in [-0.15, -0.1) is 12.4 Å². The number of benzene rings is 2. The number of carboxylic acid groups (broad SMARTS) is 1. The molecule has 6 N–H and O–H groups in total. The number of nitrogens with one attached hydrogen (secondary N) is 2. The normalized spacial score (nSPS) is 11.2. The van der Waals surface area contributed by atoms with E-state index in [9.17, 15) is 15.0 Å². The maximum Gasteiger partial charge on any atom is 0.330 e. The molecular formula is C15H14Cl3N3O3. The van der Waals surface area contributed by atoms with Gasteiger partial charge in [0.15, 0.2) is 6.04 Å². The molecule has 128 valence electrons. The summed E-state index contributed by atoms with van der Waals surface area (Å²) in [5, 5.41) is 29.7. The van der Waals surface area contributed by atoms with E-state index in [1.807, 2.05) is 0 Å². The quantitative estimate of drug-likeness (QED) is 0.394. The number of phenolic OH excluding ortho intramolecular Hbond substituents is 1. The molecule has 2 aromatic rings. The number of aliphatic carboxylic acids is 1. The van der Waals surface area contributed by atoms with Crippen LogP contribution in [-0.2, 0) is 4.79 Å². The summed E-state index contributed by atoms with van der Waals surface area (Å²) in [6.45, 7) is 0. The summed E-state index contributed by atoms with van der Waals surface area (Å²) in [4.78, 5) is 11.5. The van der Waals surface area contributed by atoms with Gasteiger partial charge < -0.3 is 21.3 Å². The molecule has 0 bridgehead atoms. The number of phenols is 1. The molecule has 1 atom stereocenters. The number of nitrogens with two attached hydrogens (primary N) is 1. The van der Waals surface area contributed by atoms with Crippen LogP contribution < -0.4 is 11.1 Å². The fourth-order valence-corrected chi connectivity index (χ4v) is 2.50. The van der Waals surface area contributed by atoms with Crippen molar-refractivity contribution >= 4 is 53.1 Å². The van der Waals surface area contributed by atoms with Gasteiger partial charge in [0.2, 0.25) is 0 Å². The predicted molar refractivity (Wildman–Crippen MR) is 96.8 cm³/mol. The third-order valence-electron chi connectivity index (χ3n) is 3.12. The molecule has 0 radical (unpaired) electrons. The monoisotopic (exact) mass is 389 g/mol. The molecule has 0 heterocycles. The molecule has 9 heteroatoms. The molecule has 24 heavy (non-hydrogen) atoms. The Hall–Kier alpha value is -2.15. The second kappa shape index (κ2) is 8.10. The summed E-state index contributed by atoms with van der Waals surface area (Å²) < 4.78 is 0. The third-order valence-corrected chi connectivity index (χ3v) is 3.63. The molecule has 6 nitrogen and oxygen atoms in total. The van der Waals surface area contributed by atoms with Crippen LogP contribution in [0.3, 0.4) is 0 Å². The van der Waals surface area contributed by atoms with Gasteiger partial charge in [0.05, 0.1) is 5.02 Å². The lowest BCUT2D eigenvalue weighted by atomic mass is 10.0. The van der Waals surface area contributed by atoms with E-state index in [0.29, 0.717) is 11.3 Å². The van der Waals surface area contributed by atoms with Gasteiger partial charge in [-0.3, -0.25) is 5.41 Å². The van der Waals surface area contributed by atoms with E-state index >= 15 is 0 Å². The van der Waals surface area contributed by atoms with Gasteiger partial charge in [-0.05, 0) is 36.4 Å². The second-order valence-electron chi connectivity index (χ2n) is 4.73. The minimum atomic E-state index is -1.26. The SMILES string of the molecule is Cl.N=C(N)c1ccc(NC(C(=O)O)c2cc(Cl)cc(Cl)c2O)cc1. The molecule has 0 saturated heterocycles. The van der Waals surface area contributed by atoms with Crippen molar-refractivity contribution in [3.63, 3.8) is 0 Å². The minimum Gasteiger partial charge on any atom is -0.506 e. The molecule has 0 spiro atoms. The summed E-state index contributed by atoms with van der Waals surface area (Å²) in [5.74, 6) is -1.66. The highest BCUT2D eigenvalue weighted by molar-refractivity contribution is 6.35. The van der Waals surface area contributed by atoms with Crippen LogP contribution in [0.15, 0.2) is 36.4 Å². The van der Waals surface area contributed by atoms with E-state index in [1.54, 1.807) is 24.3 Å². The minimum absolute atomic E-state index is 0. The Balaban J connectivity index is 0.00000288. The van der Waals surface area contributed by atoms with Crippen LogP contribution in [0.5, 0.6) is 5.75 Å². The number of carbonyl (C=O) groups is 1. The molecule has 0 aliphatic heterocycles. The van der Waals surface area contributed by atoms with Crippen molar-refractivity contribution in [1.82, 2.24) is 0 Å². The van der Waals surface area contributed by atoms with Crippen molar-refractivity contribution in [3.05, 3.63) is 57.6 Å². The second-order valence-corrected chi connectivity index (χ2v) is 5.58. The Morgan fingerprint density at radius 2 is 1.79 bits per heavy atom. The highest BCUT2D eigenvalue weighted by Crippen LogP contribution is 2.36. The third kappa shape index (κ3) is 4.44. The molecule has 2 aromatic carbocycles. The predicted octanol–water partition coefficient (Wildman–Crippen LogP) is 3.64. The fraction of sp³-hybridized carbons (Fsp3) is 0.0667. The van der Waals surface area contributed by atoms with E-state index in [0.717, 1.165) is 0 Å². The lowest BCUT2D eigenvalue weighted by molar-refractivity contribution is -0.138. The topological polar surface area (TPSA) is 119 Å². The summed E-state index contributed by atoms with van der Waals surface area (Å²) in [7, 11) is 0. The number of nitrogen functional groups attached to an aromatic ring is 1. The maximum atomic E-state index is 11.5. The fourth-order valence-electron chi connectivity index (χ4n) is 1.99. The van der Waals surface area contributed by atoms with Gasteiger partial charge in [0, 0.05) is 21.8 Å². The molecule has 0 aliphatic carbocycles. The summed E-state index contributed by atoms with van der Waals surface area (Å²) in [6, 6.07) is 7.71. The number of amidine groups is 1. The zero-order valence-corrected chi connectivity index (χ0v) is 14.4. The van der Waals surface area contributed by atoms with E-state index in [1.165, 1.54) is 12.1 Å². The molecule has 0 fully saturated rings. The van der Waals surface area contributed by atoms with E-state index in [-0.39, 0.29) is 39.6 Å². The molecular weight excluding hydrogens is 377 g/mol. The Morgan fingerprint density at radius 1 is 1.21 bits per heavy atom. The highest BCUT2D eigenvalue weighted by Gasteiger charge is 2.25. The Morgan fingerprint density at radius 3 is 2.29 bits per heavy atom. The standard InChI is InChI=1S/C15H13Cl2N3O3.ClH/c16-8-5-10(13(21)11(17)6-8)12(15(22)23)20-9-3-1-7(2-4-9)14(18)19;/h1-6,12,20-21H,(H3,18,19)(H,22,23);1H. The molecule has 0 amide bonds. The number of hydrogen-bond acceptors (Lipinski definition) is 4. The number of halogens is 3. The van der Waals surface area contributed by atoms with Crippen LogP contribution in [0, 0.1) is 5.41 Å². The van der Waals surface area contributed by atoms with Crippen molar-refractivity contribution in [2.24, 2.45) is 5.73 Å². The van der Waals surface area contributed by atoms with Gasteiger partial charge in [-0.25, -0.2) is 4.79 Å². The average molecular weight is 391 g/mol. The van der Waals surface area contributed by atoms with Crippen molar-refractivity contribution < 1.29 is 15.0 Å². The first-order valence-corrected chi connectivity index (χ1v) is 7.17. The van der Waals surface area contributed by atoms with Gasteiger partial charge >= 0.3 is 5.97 Å². The van der Waals surface area contributed by atoms with Gasteiger partial charge in [0.1, 0.15) is 11.6 Å². The number of hydrogen-bond donors (Lipinski definition) is 5. The molecule has 0 aliphatic rings. The summed E-state index contributed by atoms with van der Waals surface area (Å²) in [6.07, 6.45) is 0. The molecule has 0 saturated carbocycles. The first-order valence-electron chi connectivity index (χ1n) is 6.41. The van der Waals surface area contributed by atoms with E-state index in [4.69, 9.17) is 34.3 Å². The Labute approximate surface area is 154 Å². The van der Waals surface area contributed by atoms with Crippen molar-refractivity contribution in [1.29, 1.82) is 5.41 Å². The van der Waals surface area contributed by atoms with Crippen LogP contribution >= 0.6 is 35.6 Å². The highest BCUT2D eigenvalue weighted by atomic mass is 35.5. The number of anilines is 1. The van der Waals surface area contributed by atoms with E-state index in [2.05, 4.69) is 5.32 Å². The first-order chi connectivity index (χ1) is 10.8. The lowest BCUT2D eigenvalue weighted by Crippen LogP contribution is -2.21. The number of rotatable bonds is 5. The number of aromatic hydroxyl groups is 1. The lowest BCUT2D eigenvalue weighted by Gasteiger charge is -2.18. The van der Waals surface area contributed by atoms with Crippen LogP contribution in [0.1, 0.15) is 17.2 Å². The molecule has 1 unspecified atom stereocenters. The number of carboxylic acids is 1. The van der Waals surface area contributed by atoms with Crippen molar-refractivity contribution in [2.75, 3.05) is 5.32 Å². The smallest absolute Gasteiger partial charge is 0.330 e. The summed E-state index contributed by atoms with van der Waals surface area (Å²) in [5.41, 5.74) is 6.39. The zero-order chi connectivity index (χ0) is 17.1.